The van der Waals surface area contributed by atoms with Gasteiger partial charge in [-0.2, -0.15) is 0 Å². The molecule has 2 aliphatic rings. The van der Waals surface area contributed by atoms with E-state index in [4.69, 9.17) is 10.5 Å². The molecule has 2 aromatic carbocycles. The highest BCUT2D eigenvalue weighted by Gasteiger charge is 2.35. The van der Waals surface area contributed by atoms with Crippen molar-refractivity contribution in [2.75, 3.05) is 19.7 Å². The number of esters is 1. The van der Waals surface area contributed by atoms with E-state index in [9.17, 15) is 19.2 Å². The smallest absolute Gasteiger partial charge is 0.397 e. The van der Waals surface area contributed by atoms with Gasteiger partial charge in [0, 0.05) is 13.1 Å². The fraction of sp³-hybridized carbons (Fsp3) is 0.500. The Morgan fingerprint density at radius 2 is 1.12 bits per heavy atom. The van der Waals surface area contributed by atoms with Crippen molar-refractivity contribution in [1.29, 1.82) is 0 Å². The highest BCUT2D eigenvalue weighted by Crippen LogP contribution is 2.34. The van der Waals surface area contributed by atoms with Crippen LogP contribution in [0.4, 0.5) is 0 Å². The third-order valence-corrected chi connectivity index (χ3v) is 7.74. The van der Waals surface area contributed by atoms with E-state index in [1.54, 1.807) is 16.7 Å². The summed E-state index contributed by atoms with van der Waals surface area (Å²) < 4.78 is 4.87. The molecular formula is C32H43N3O5. The van der Waals surface area contributed by atoms with Gasteiger partial charge >= 0.3 is 23.7 Å². The van der Waals surface area contributed by atoms with Gasteiger partial charge in [0.2, 0.25) is 0 Å². The van der Waals surface area contributed by atoms with Crippen LogP contribution in [-0.2, 0) is 23.9 Å². The summed E-state index contributed by atoms with van der Waals surface area (Å²) in [6.07, 6.45) is 3.88. The SMILES string of the molecule is CCOC(=O)C(=O)N1CC(C)CCC1c1ccc(C)cc1.Cc1ccc(C2CCC(C)CN2C(=O)C(N)=O)cc1. The zero-order valence-corrected chi connectivity index (χ0v) is 24.4. The summed E-state index contributed by atoms with van der Waals surface area (Å²) in [5, 5.41) is 0. The van der Waals surface area contributed by atoms with Crippen LogP contribution in [0.1, 0.15) is 80.8 Å². The van der Waals surface area contributed by atoms with Crippen molar-refractivity contribution in [3.8, 4) is 0 Å². The molecule has 4 rings (SSSR count). The number of rotatable bonds is 3. The molecule has 2 N–H and O–H groups in total. The molecule has 0 aromatic heterocycles. The predicted molar refractivity (Wildman–Crippen MR) is 154 cm³/mol. The van der Waals surface area contributed by atoms with E-state index in [1.165, 1.54) is 11.1 Å². The van der Waals surface area contributed by atoms with Gasteiger partial charge < -0.3 is 20.3 Å². The molecule has 2 aromatic rings. The number of primary amides is 1. The van der Waals surface area contributed by atoms with Crippen LogP contribution in [-0.4, -0.2) is 53.2 Å². The van der Waals surface area contributed by atoms with Gasteiger partial charge in [-0.25, -0.2) is 4.79 Å². The van der Waals surface area contributed by atoms with Gasteiger partial charge in [-0.15, -0.1) is 0 Å². The van der Waals surface area contributed by atoms with Gasteiger partial charge in [0.15, 0.2) is 0 Å². The Bertz CT molecular complexity index is 1180. The largest absolute Gasteiger partial charge is 0.459 e. The van der Waals surface area contributed by atoms with E-state index in [0.717, 1.165) is 36.8 Å². The number of ether oxygens (including phenoxy) is 1. The number of nitrogens with zero attached hydrogens (tertiary/aromatic N) is 2. The standard InChI is InChI=1S/C17H23NO3.C15H20N2O2/c1-4-21-17(20)16(19)18-11-13(3)7-10-15(18)14-8-5-12(2)6-9-14;1-10-3-6-12(7-4-10)13-8-5-11(2)9-17(13)15(19)14(16)18/h5-6,8-9,13,15H,4,7,10-11H2,1-3H3;3-4,6-7,11,13H,5,8-9H2,1-2H3,(H2,16,18). The number of benzene rings is 2. The zero-order valence-electron chi connectivity index (χ0n) is 24.4. The second-order valence-electron chi connectivity index (χ2n) is 11.2. The predicted octanol–water partition coefficient (Wildman–Crippen LogP) is 4.64. The lowest BCUT2D eigenvalue weighted by atomic mass is 9.89. The third-order valence-electron chi connectivity index (χ3n) is 7.74. The second kappa shape index (κ2) is 14.1. The number of likely N-dealkylation sites (tertiary alicyclic amines) is 2. The third kappa shape index (κ3) is 7.93. The molecule has 0 aliphatic carbocycles. The normalized spacial score (nSPS) is 22.5. The lowest BCUT2D eigenvalue weighted by Gasteiger charge is -2.38. The van der Waals surface area contributed by atoms with Crippen LogP contribution in [0.2, 0.25) is 0 Å². The molecule has 40 heavy (non-hydrogen) atoms. The van der Waals surface area contributed by atoms with E-state index in [1.807, 2.05) is 62.4 Å². The lowest BCUT2D eigenvalue weighted by Crippen LogP contribution is -2.46. The maximum absolute atomic E-state index is 12.3. The zero-order chi connectivity index (χ0) is 29.4. The summed E-state index contributed by atoms with van der Waals surface area (Å²) in [6, 6.07) is 16.2. The molecule has 8 nitrogen and oxygen atoms in total. The maximum atomic E-state index is 12.3. The molecule has 216 valence electrons. The van der Waals surface area contributed by atoms with Crippen LogP contribution in [0, 0.1) is 25.7 Å². The van der Waals surface area contributed by atoms with Crippen LogP contribution < -0.4 is 5.73 Å². The Balaban J connectivity index is 0.000000222. The Kier molecular flexibility index (Phi) is 10.9. The highest BCUT2D eigenvalue weighted by atomic mass is 16.5. The van der Waals surface area contributed by atoms with Crippen LogP contribution in [0.5, 0.6) is 0 Å². The van der Waals surface area contributed by atoms with Crippen molar-refractivity contribution in [2.24, 2.45) is 17.6 Å². The number of carbonyl (C=O) groups excluding carboxylic acids is 4. The fourth-order valence-corrected chi connectivity index (χ4v) is 5.48. The minimum Gasteiger partial charge on any atom is -0.459 e. The lowest BCUT2D eigenvalue weighted by molar-refractivity contribution is -0.162. The average molecular weight is 550 g/mol. The van der Waals surface area contributed by atoms with E-state index in [0.29, 0.717) is 24.9 Å². The second-order valence-corrected chi connectivity index (χ2v) is 11.2. The highest BCUT2D eigenvalue weighted by molar-refractivity contribution is 6.34. The first kappa shape index (κ1) is 30.9. The summed E-state index contributed by atoms with van der Waals surface area (Å²) in [7, 11) is 0. The number of aryl methyl sites for hydroxylation is 2. The van der Waals surface area contributed by atoms with E-state index in [-0.39, 0.29) is 18.7 Å². The Hall–Kier alpha value is -3.68. The monoisotopic (exact) mass is 549 g/mol. The van der Waals surface area contributed by atoms with Gasteiger partial charge in [0.05, 0.1) is 18.7 Å². The van der Waals surface area contributed by atoms with Crippen molar-refractivity contribution in [1.82, 2.24) is 9.80 Å². The summed E-state index contributed by atoms with van der Waals surface area (Å²) in [4.78, 5) is 50.5. The molecular weight excluding hydrogens is 506 g/mol. The molecule has 4 atom stereocenters. The van der Waals surface area contributed by atoms with Gasteiger partial charge in [0.25, 0.3) is 0 Å². The molecule has 2 fully saturated rings. The minimum atomic E-state index is -0.869. The van der Waals surface area contributed by atoms with Crippen molar-refractivity contribution in [2.45, 2.75) is 72.4 Å². The summed E-state index contributed by atoms with van der Waals surface area (Å²) in [5.74, 6) is -1.89. The van der Waals surface area contributed by atoms with E-state index in [2.05, 4.69) is 13.8 Å². The molecule has 4 unspecified atom stereocenters. The van der Waals surface area contributed by atoms with Crippen LogP contribution in [0.3, 0.4) is 0 Å². The first-order valence-electron chi connectivity index (χ1n) is 14.2. The van der Waals surface area contributed by atoms with E-state index < -0.39 is 23.7 Å². The Morgan fingerprint density at radius 1 is 0.725 bits per heavy atom. The van der Waals surface area contributed by atoms with Crippen LogP contribution >= 0.6 is 0 Å². The molecule has 0 saturated carbocycles. The molecule has 2 aliphatic heterocycles. The summed E-state index contributed by atoms with van der Waals surface area (Å²) in [5.41, 5.74) is 9.68. The van der Waals surface area contributed by atoms with Crippen molar-refractivity contribution >= 4 is 23.7 Å². The van der Waals surface area contributed by atoms with E-state index >= 15 is 0 Å². The molecule has 0 radical (unpaired) electrons. The topological polar surface area (TPSA) is 110 Å². The van der Waals surface area contributed by atoms with Crippen LogP contribution in [0.25, 0.3) is 0 Å². The number of carbonyl (C=O) groups is 4. The average Bonchev–Trinajstić information content (AvgIpc) is 2.93. The number of hydrogen-bond donors (Lipinski definition) is 1. The minimum absolute atomic E-state index is 0.0290. The first-order chi connectivity index (χ1) is 19.0. The fourth-order valence-electron chi connectivity index (χ4n) is 5.48. The van der Waals surface area contributed by atoms with Crippen molar-refractivity contribution in [3.63, 3.8) is 0 Å². The number of nitrogens with two attached hydrogens (primary N) is 1. The molecule has 0 spiro atoms. The first-order valence-corrected chi connectivity index (χ1v) is 14.2. The molecule has 2 saturated heterocycles. The number of piperidine rings is 2. The van der Waals surface area contributed by atoms with Gasteiger partial charge in [-0.05, 0) is 69.4 Å². The number of hydrogen-bond acceptors (Lipinski definition) is 5. The maximum Gasteiger partial charge on any atom is 0.397 e. The van der Waals surface area contributed by atoms with Crippen molar-refractivity contribution < 1.29 is 23.9 Å². The van der Waals surface area contributed by atoms with Gasteiger partial charge in [-0.1, -0.05) is 73.5 Å². The van der Waals surface area contributed by atoms with Crippen LogP contribution in [0.15, 0.2) is 48.5 Å². The Morgan fingerprint density at radius 3 is 1.50 bits per heavy atom. The van der Waals surface area contributed by atoms with Gasteiger partial charge in [0.1, 0.15) is 0 Å². The van der Waals surface area contributed by atoms with Gasteiger partial charge in [-0.3, -0.25) is 14.4 Å². The molecule has 2 heterocycles. The summed E-state index contributed by atoms with van der Waals surface area (Å²) >= 11 is 0. The summed E-state index contributed by atoms with van der Waals surface area (Å²) in [6.45, 7) is 11.4. The molecule has 8 heteroatoms. The molecule has 3 amide bonds. The molecule has 0 bridgehead atoms. The Labute approximate surface area is 237 Å². The quantitative estimate of drug-likeness (QED) is 0.443. The van der Waals surface area contributed by atoms with Crippen molar-refractivity contribution in [3.05, 3.63) is 70.8 Å². The number of amides is 3.